The minimum Gasteiger partial charge on any atom is -0.481 e. The van der Waals surface area contributed by atoms with Gasteiger partial charge in [-0.05, 0) is 13.1 Å². The Hall–Kier alpha value is -1.18. The van der Waals surface area contributed by atoms with Gasteiger partial charge < -0.3 is 26.0 Å². The van der Waals surface area contributed by atoms with E-state index >= 15 is 0 Å². The number of aliphatic carboxylic acids is 1. The number of carboxylic acids is 1. The number of aliphatic hydroxyl groups is 1. The van der Waals surface area contributed by atoms with Crippen molar-refractivity contribution in [3.05, 3.63) is 0 Å². The molecule has 0 aromatic rings. The zero-order valence-electron chi connectivity index (χ0n) is 10.4. The lowest BCUT2D eigenvalue weighted by molar-refractivity contribution is -0.158. The van der Waals surface area contributed by atoms with Crippen LogP contribution in [0.1, 0.15) is 20.3 Å². The van der Waals surface area contributed by atoms with Gasteiger partial charge in [-0.25, -0.2) is 4.79 Å². The van der Waals surface area contributed by atoms with E-state index in [1.807, 2.05) is 13.8 Å². The molecule has 0 amide bonds. The van der Waals surface area contributed by atoms with Crippen molar-refractivity contribution in [1.29, 1.82) is 0 Å². The summed E-state index contributed by atoms with van der Waals surface area (Å²) in [7, 11) is 0. The second-order valence-corrected chi connectivity index (χ2v) is 3.31. The molecule has 102 valence electrons. The molecule has 0 rings (SSSR count). The lowest BCUT2D eigenvalue weighted by Gasteiger charge is -2.18. The van der Waals surface area contributed by atoms with Crippen molar-refractivity contribution in [1.82, 2.24) is 11.1 Å². The fraction of sp³-hybridized carbons (Fsp3) is 0.800. The van der Waals surface area contributed by atoms with Crippen molar-refractivity contribution in [3.8, 4) is 0 Å². The highest BCUT2D eigenvalue weighted by Gasteiger charge is 2.19. The van der Waals surface area contributed by atoms with Crippen LogP contribution in [-0.2, 0) is 14.3 Å². The molecule has 0 aliphatic heterocycles. The zero-order chi connectivity index (χ0) is 12.6. The van der Waals surface area contributed by atoms with Gasteiger partial charge in [-0.15, -0.1) is 0 Å². The molecular formula is C10H22N2O5. The molecule has 0 saturated heterocycles. The zero-order valence-corrected chi connectivity index (χ0v) is 10.4. The summed E-state index contributed by atoms with van der Waals surface area (Å²) < 4.78 is 4.74. The van der Waals surface area contributed by atoms with Crippen molar-refractivity contribution >= 4 is 11.9 Å². The molecule has 7 nitrogen and oxygen atoms in total. The third kappa shape index (κ3) is 8.61. The molecule has 17 heavy (non-hydrogen) atoms. The van der Waals surface area contributed by atoms with Crippen LogP contribution in [0.4, 0.5) is 0 Å². The van der Waals surface area contributed by atoms with Crippen LogP contribution in [0.25, 0.3) is 0 Å². The van der Waals surface area contributed by atoms with Crippen LogP contribution in [0.15, 0.2) is 0 Å². The van der Waals surface area contributed by atoms with E-state index < -0.39 is 24.5 Å². The summed E-state index contributed by atoms with van der Waals surface area (Å²) in [6, 6.07) is 0. The summed E-state index contributed by atoms with van der Waals surface area (Å²) in [4.78, 5) is 23.3. The summed E-state index contributed by atoms with van der Waals surface area (Å²) in [5, 5.41) is 17.4. The van der Waals surface area contributed by atoms with E-state index in [4.69, 9.17) is 14.9 Å². The Balaban J connectivity index is 0. The van der Waals surface area contributed by atoms with Gasteiger partial charge in [-0.1, -0.05) is 13.8 Å². The molecule has 0 bridgehead atoms. The molecule has 0 heterocycles. The molecule has 1 unspecified atom stereocenters. The van der Waals surface area contributed by atoms with Gasteiger partial charge in [0.1, 0.15) is 6.61 Å². The highest BCUT2D eigenvalue weighted by Crippen LogP contribution is 1.96. The smallest absolute Gasteiger partial charge is 0.335 e. The SMILES string of the molecule is CCN(CC)CCOC(=O)C(O)CC(=O)O.N. The summed E-state index contributed by atoms with van der Waals surface area (Å²) in [6.07, 6.45) is -2.20. The first-order chi connectivity index (χ1) is 7.51. The van der Waals surface area contributed by atoms with E-state index in [0.717, 1.165) is 13.1 Å². The van der Waals surface area contributed by atoms with E-state index in [-0.39, 0.29) is 12.8 Å². The lowest BCUT2D eigenvalue weighted by atomic mass is 10.2. The largest absolute Gasteiger partial charge is 0.481 e. The van der Waals surface area contributed by atoms with Gasteiger partial charge in [0.25, 0.3) is 0 Å². The molecule has 7 heteroatoms. The van der Waals surface area contributed by atoms with Crippen LogP contribution < -0.4 is 6.15 Å². The van der Waals surface area contributed by atoms with E-state index in [9.17, 15) is 9.59 Å². The Labute approximate surface area is 101 Å². The molecule has 1 atom stereocenters. The van der Waals surface area contributed by atoms with Gasteiger partial charge in [-0.2, -0.15) is 0 Å². The molecule has 0 radical (unpaired) electrons. The molecule has 0 aromatic carbocycles. The molecular weight excluding hydrogens is 228 g/mol. The van der Waals surface area contributed by atoms with Gasteiger partial charge in [0.2, 0.25) is 0 Å². The van der Waals surface area contributed by atoms with Gasteiger partial charge in [0.05, 0.1) is 6.42 Å². The number of carbonyl (C=O) groups excluding carboxylic acids is 1. The first-order valence-corrected chi connectivity index (χ1v) is 5.30. The lowest BCUT2D eigenvalue weighted by Crippen LogP contribution is -2.31. The second kappa shape index (κ2) is 10.0. The summed E-state index contributed by atoms with van der Waals surface area (Å²) in [5.74, 6) is -2.11. The number of hydrogen-bond donors (Lipinski definition) is 3. The van der Waals surface area contributed by atoms with E-state index in [0.29, 0.717) is 6.54 Å². The number of esters is 1. The van der Waals surface area contributed by atoms with E-state index in [2.05, 4.69) is 4.90 Å². The first-order valence-electron chi connectivity index (χ1n) is 5.30. The van der Waals surface area contributed by atoms with Crippen LogP contribution in [0.3, 0.4) is 0 Å². The van der Waals surface area contributed by atoms with Crippen LogP contribution in [0.2, 0.25) is 0 Å². The number of likely N-dealkylation sites (N-methyl/N-ethyl adjacent to an activating group) is 1. The predicted molar refractivity (Wildman–Crippen MR) is 62.0 cm³/mol. The number of aliphatic hydroxyl groups excluding tert-OH is 1. The molecule has 0 aliphatic carbocycles. The molecule has 0 spiro atoms. The monoisotopic (exact) mass is 250 g/mol. The number of nitrogens with zero attached hydrogens (tertiary/aromatic N) is 1. The summed E-state index contributed by atoms with van der Waals surface area (Å²) >= 11 is 0. The molecule has 0 aromatic heterocycles. The third-order valence-electron chi connectivity index (χ3n) is 2.19. The molecule has 0 fully saturated rings. The Kier molecular flexibility index (Phi) is 10.7. The number of ether oxygens (including phenoxy) is 1. The fourth-order valence-corrected chi connectivity index (χ4v) is 1.16. The molecule has 0 saturated carbocycles. The Morgan fingerprint density at radius 1 is 1.29 bits per heavy atom. The maximum absolute atomic E-state index is 11.1. The summed E-state index contributed by atoms with van der Waals surface area (Å²) in [5.41, 5.74) is 0. The minimum atomic E-state index is -1.57. The number of hydrogen-bond acceptors (Lipinski definition) is 6. The normalized spacial score (nSPS) is 11.8. The van der Waals surface area contributed by atoms with Crippen molar-refractivity contribution in [2.45, 2.75) is 26.4 Å². The van der Waals surface area contributed by atoms with Crippen LogP contribution in [0.5, 0.6) is 0 Å². The predicted octanol–water partition coefficient (Wildman–Crippen LogP) is -0.131. The fourth-order valence-electron chi connectivity index (χ4n) is 1.16. The molecule has 5 N–H and O–H groups in total. The average molecular weight is 250 g/mol. The van der Waals surface area contributed by atoms with E-state index in [1.54, 1.807) is 0 Å². The van der Waals surface area contributed by atoms with Crippen molar-refractivity contribution < 1.29 is 24.5 Å². The van der Waals surface area contributed by atoms with Crippen molar-refractivity contribution in [2.75, 3.05) is 26.2 Å². The maximum Gasteiger partial charge on any atom is 0.335 e. The minimum absolute atomic E-state index is 0. The standard InChI is InChI=1S/C10H19NO5.H3N/c1-3-11(4-2)5-6-16-10(15)8(12)7-9(13)14;/h8,12H,3-7H2,1-2H3,(H,13,14);1H3. The number of rotatable bonds is 8. The highest BCUT2D eigenvalue weighted by molar-refractivity contribution is 5.80. The first kappa shape index (κ1) is 18.2. The quantitative estimate of drug-likeness (QED) is 0.513. The van der Waals surface area contributed by atoms with Gasteiger partial charge in [-0.3, -0.25) is 4.79 Å². The molecule has 0 aliphatic rings. The second-order valence-electron chi connectivity index (χ2n) is 3.31. The van der Waals surface area contributed by atoms with Crippen molar-refractivity contribution in [2.24, 2.45) is 0 Å². The van der Waals surface area contributed by atoms with Crippen LogP contribution >= 0.6 is 0 Å². The third-order valence-corrected chi connectivity index (χ3v) is 2.19. The van der Waals surface area contributed by atoms with Gasteiger partial charge >= 0.3 is 11.9 Å². The Morgan fingerprint density at radius 2 is 1.82 bits per heavy atom. The van der Waals surface area contributed by atoms with Crippen molar-refractivity contribution in [3.63, 3.8) is 0 Å². The maximum atomic E-state index is 11.1. The highest BCUT2D eigenvalue weighted by atomic mass is 16.5. The van der Waals surface area contributed by atoms with Gasteiger partial charge in [0.15, 0.2) is 6.10 Å². The topological polar surface area (TPSA) is 122 Å². The van der Waals surface area contributed by atoms with Crippen LogP contribution in [-0.4, -0.2) is 59.4 Å². The summed E-state index contributed by atoms with van der Waals surface area (Å²) in [6.45, 7) is 6.43. The average Bonchev–Trinajstić information content (AvgIpc) is 2.23. The number of carboxylic acid groups (broad SMARTS) is 1. The van der Waals surface area contributed by atoms with Crippen LogP contribution in [0, 0.1) is 0 Å². The van der Waals surface area contributed by atoms with E-state index in [1.165, 1.54) is 0 Å². The number of carbonyl (C=O) groups is 2. The van der Waals surface area contributed by atoms with Gasteiger partial charge in [0, 0.05) is 6.54 Å². The Bertz CT molecular complexity index is 231. The Morgan fingerprint density at radius 3 is 2.24 bits per heavy atom.